The van der Waals surface area contributed by atoms with Gasteiger partial charge in [0, 0.05) is 73.1 Å². The summed E-state index contributed by atoms with van der Waals surface area (Å²) in [7, 11) is 1.73. The fourth-order valence-corrected chi connectivity index (χ4v) is 11.5. The van der Waals surface area contributed by atoms with Gasteiger partial charge in [-0.25, -0.2) is 19.3 Å². The van der Waals surface area contributed by atoms with Crippen molar-refractivity contribution in [2.45, 2.75) is 88.8 Å². The van der Waals surface area contributed by atoms with Gasteiger partial charge in [0.1, 0.15) is 41.5 Å². The standard InChI is InChI=1S/C57H69FN12O9S/c1-36(59-2)54(73)66-50(38-8-4-3-5-9-38)57(75)69-17-7-12-47(69)55-65-46(35-80-55)51(72)39-10-6-11-42(28-39)79-27-26-77-23-22-76-24-25-78-34-49(71)67-18-20-68(21-19-67)56(74)40-15-16-44(43(58)29-40)63-52-53-60-32-48(41-30-61-62-31-41)70(53)33-45(64-52)37-13-14-37/h6,10-11,15-16,28-33,35-38,47,50,59H,3-5,7-9,12-14,17-27,34H2,1-2H3,(H,61,62)(H,63,64)(H,66,73)/t36-,47-,50-/m0/s1. The topological polar surface area (TPSA) is 240 Å². The molecule has 4 aromatic heterocycles. The molecule has 80 heavy (non-hydrogen) atoms. The maximum atomic E-state index is 15.6. The first-order valence-electron chi connectivity index (χ1n) is 27.8. The molecule has 4 fully saturated rings. The van der Waals surface area contributed by atoms with E-state index in [2.05, 4.69) is 31.1 Å². The van der Waals surface area contributed by atoms with E-state index in [1.165, 1.54) is 23.5 Å². The van der Waals surface area contributed by atoms with E-state index in [1.54, 1.807) is 78.1 Å². The van der Waals surface area contributed by atoms with Crippen LogP contribution < -0.4 is 20.7 Å². The number of halogens is 1. The first-order valence-corrected chi connectivity index (χ1v) is 28.7. The normalized spacial score (nSPS) is 17.6. The number of nitrogens with zero attached hydrogens (tertiary/aromatic N) is 8. The zero-order chi connectivity index (χ0) is 55.5. The Balaban J connectivity index is 0.594. The number of aromatic amines is 1. The van der Waals surface area contributed by atoms with E-state index in [0.717, 1.165) is 74.7 Å². The molecular formula is C57H69FN12O9S. The van der Waals surface area contributed by atoms with Crippen molar-refractivity contribution in [1.82, 2.24) is 54.9 Å². The predicted molar refractivity (Wildman–Crippen MR) is 295 cm³/mol. The number of hydrogen-bond acceptors (Lipinski definition) is 16. The molecule has 10 rings (SSSR count). The molecule has 2 aromatic carbocycles. The third-order valence-electron chi connectivity index (χ3n) is 15.3. The number of amides is 4. The first kappa shape index (κ1) is 56.1. The minimum atomic E-state index is -0.604. The molecule has 0 bridgehead atoms. The van der Waals surface area contributed by atoms with Gasteiger partial charge in [0.15, 0.2) is 11.5 Å². The molecule has 0 unspecified atom stereocenters. The van der Waals surface area contributed by atoms with Gasteiger partial charge < -0.3 is 49.6 Å². The fourth-order valence-electron chi connectivity index (χ4n) is 10.5. The number of H-pyrrole nitrogens is 1. The van der Waals surface area contributed by atoms with Crippen LogP contribution in [0.1, 0.15) is 114 Å². The number of fused-ring (bicyclic) bond motifs is 1. The molecule has 4 amide bonds. The summed E-state index contributed by atoms with van der Waals surface area (Å²) in [6.45, 7) is 5.10. The predicted octanol–water partition coefficient (Wildman–Crippen LogP) is 6.32. The minimum Gasteiger partial charge on any atom is -0.491 e. The molecule has 424 valence electrons. The number of aromatic nitrogens is 6. The van der Waals surface area contributed by atoms with Gasteiger partial charge in [-0.05, 0) is 88.7 Å². The van der Waals surface area contributed by atoms with Crippen LogP contribution in [0.4, 0.5) is 15.9 Å². The number of anilines is 2. The highest BCUT2D eigenvalue weighted by atomic mass is 32.1. The van der Waals surface area contributed by atoms with Gasteiger partial charge in [-0.15, -0.1) is 11.3 Å². The second kappa shape index (κ2) is 26.4. The number of carbonyl (C=O) groups excluding carboxylic acids is 5. The molecule has 3 atom stereocenters. The van der Waals surface area contributed by atoms with Crippen molar-refractivity contribution in [2.75, 3.05) is 91.3 Å². The lowest BCUT2D eigenvalue weighted by Crippen LogP contribution is -2.55. The van der Waals surface area contributed by atoms with Crippen molar-refractivity contribution in [1.29, 1.82) is 0 Å². The van der Waals surface area contributed by atoms with Gasteiger partial charge in [-0.1, -0.05) is 31.4 Å². The lowest BCUT2D eigenvalue weighted by molar-refractivity contribution is -0.139. The molecule has 2 aliphatic heterocycles. The fraction of sp³-hybridized carbons (Fsp3) is 0.491. The monoisotopic (exact) mass is 1120 g/mol. The number of ketones is 1. The zero-order valence-corrected chi connectivity index (χ0v) is 46.0. The number of carbonyl (C=O) groups is 5. The Morgan fingerprint density at radius 2 is 1.59 bits per heavy atom. The van der Waals surface area contributed by atoms with Crippen LogP contribution in [0, 0.1) is 11.7 Å². The summed E-state index contributed by atoms with van der Waals surface area (Å²) in [5, 5.41) is 18.5. The second-order valence-electron chi connectivity index (χ2n) is 20.7. The van der Waals surface area contributed by atoms with Crippen molar-refractivity contribution < 1.29 is 47.3 Å². The highest BCUT2D eigenvalue weighted by Gasteiger charge is 2.40. The number of likely N-dealkylation sites (N-methyl/N-ethyl adjacent to an activating group) is 1. The quantitative estimate of drug-likeness (QED) is 0.0363. The van der Waals surface area contributed by atoms with Crippen LogP contribution in [-0.4, -0.2) is 172 Å². The minimum absolute atomic E-state index is 0.0736. The summed E-state index contributed by atoms with van der Waals surface area (Å²) < 4.78 is 40.3. The van der Waals surface area contributed by atoms with Crippen LogP contribution in [0.3, 0.4) is 0 Å². The van der Waals surface area contributed by atoms with E-state index >= 15 is 4.39 Å². The van der Waals surface area contributed by atoms with E-state index in [-0.39, 0.29) is 85.7 Å². The molecule has 2 aliphatic carbocycles. The first-order chi connectivity index (χ1) is 39.0. The van der Waals surface area contributed by atoms with Gasteiger partial charge in [-0.3, -0.25) is 33.5 Å². The van der Waals surface area contributed by atoms with Crippen LogP contribution >= 0.6 is 11.3 Å². The van der Waals surface area contributed by atoms with E-state index in [4.69, 9.17) is 28.9 Å². The van der Waals surface area contributed by atoms with Gasteiger partial charge in [-0.2, -0.15) is 5.10 Å². The number of benzene rings is 2. The number of hydrogen-bond donors (Lipinski definition) is 4. The Kier molecular flexibility index (Phi) is 18.5. The molecule has 2 saturated carbocycles. The molecular weight excluding hydrogens is 1050 g/mol. The largest absolute Gasteiger partial charge is 0.491 e. The average Bonchev–Trinajstić information content (AvgIpc) is 3.94. The number of nitrogens with one attached hydrogen (secondary N) is 4. The summed E-state index contributed by atoms with van der Waals surface area (Å²) in [6, 6.07) is 9.99. The highest BCUT2D eigenvalue weighted by molar-refractivity contribution is 7.10. The van der Waals surface area contributed by atoms with Gasteiger partial charge >= 0.3 is 0 Å². The Bertz CT molecular complexity index is 3120. The van der Waals surface area contributed by atoms with Crippen molar-refractivity contribution >= 4 is 57.9 Å². The molecule has 0 radical (unpaired) electrons. The van der Waals surface area contributed by atoms with Crippen molar-refractivity contribution in [3.8, 4) is 17.0 Å². The lowest BCUT2D eigenvalue weighted by Gasteiger charge is -2.35. The SMILES string of the molecule is CN[C@@H](C)C(=O)N[C@H](C(=O)N1CCC[C@H]1c1nc(C(=O)c2cccc(OCCOCCOCCOCC(=O)N3CCN(C(=O)c4ccc(Nc5nc(C6CC6)cn6c(-c7cn[nH]c7)cnc56)c(F)c4)CC3)c2)cs1)C1CCCCC1. The number of ether oxygens (including phenoxy) is 4. The van der Waals surface area contributed by atoms with E-state index in [1.807, 2.05) is 15.5 Å². The molecule has 4 N–H and O–H groups in total. The van der Waals surface area contributed by atoms with Crippen LogP contribution in [0.25, 0.3) is 16.9 Å². The van der Waals surface area contributed by atoms with E-state index in [9.17, 15) is 24.0 Å². The molecule has 0 spiro atoms. The van der Waals surface area contributed by atoms with Crippen LogP contribution in [0.5, 0.6) is 5.75 Å². The maximum Gasteiger partial charge on any atom is 0.254 e. The van der Waals surface area contributed by atoms with Crippen molar-refractivity contribution in [3.63, 3.8) is 0 Å². The van der Waals surface area contributed by atoms with Gasteiger partial charge in [0.05, 0.1) is 74.6 Å². The maximum absolute atomic E-state index is 15.6. The van der Waals surface area contributed by atoms with Gasteiger partial charge in [0.2, 0.25) is 23.5 Å². The summed E-state index contributed by atoms with van der Waals surface area (Å²) >= 11 is 1.38. The summed E-state index contributed by atoms with van der Waals surface area (Å²) in [6.07, 6.45) is 15.8. The number of thiazole rings is 1. The van der Waals surface area contributed by atoms with Crippen LogP contribution in [0.2, 0.25) is 0 Å². The molecule has 6 heterocycles. The molecule has 23 heteroatoms. The molecule has 6 aromatic rings. The van der Waals surface area contributed by atoms with Crippen LogP contribution in [0.15, 0.2) is 72.6 Å². The molecule has 4 aliphatic rings. The summed E-state index contributed by atoms with van der Waals surface area (Å²) in [5.41, 5.74) is 4.22. The van der Waals surface area contributed by atoms with Gasteiger partial charge in [0.25, 0.3) is 5.91 Å². The Morgan fingerprint density at radius 1 is 0.825 bits per heavy atom. The third-order valence-corrected chi connectivity index (χ3v) is 16.3. The average molecular weight is 1120 g/mol. The van der Waals surface area contributed by atoms with Crippen molar-refractivity contribution in [3.05, 3.63) is 106 Å². The third kappa shape index (κ3) is 13.5. The molecule has 21 nitrogen and oxygen atoms in total. The van der Waals surface area contributed by atoms with E-state index in [0.29, 0.717) is 85.3 Å². The highest BCUT2D eigenvalue weighted by Crippen LogP contribution is 2.41. The lowest BCUT2D eigenvalue weighted by atomic mass is 9.83. The Morgan fingerprint density at radius 3 is 2.33 bits per heavy atom. The number of piperazine rings is 1. The Hall–Kier alpha value is -7.18. The zero-order valence-electron chi connectivity index (χ0n) is 45.2. The van der Waals surface area contributed by atoms with E-state index < -0.39 is 17.9 Å². The Labute approximate surface area is 467 Å². The summed E-state index contributed by atoms with van der Waals surface area (Å²) in [5.74, 6) is -0.286. The number of rotatable bonds is 25. The second-order valence-corrected chi connectivity index (χ2v) is 21.6. The number of imidazole rings is 1. The van der Waals surface area contributed by atoms with Crippen LogP contribution in [-0.2, 0) is 28.6 Å². The number of likely N-dealkylation sites (tertiary alicyclic amines) is 1. The van der Waals surface area contributed by atoms with Crippen molar-refractivity contribution in [2.24, 2.45) is 5.92 Å². The summed E-state index contributed by atoms with van der Waals surface area (Å²) in [4.78, 5) is 86.5. The smallest absolute Gasteiger partial charge is 0.254 e. The molecule has 2 saturated heterocycles.